The first-order valence-electron chi connectivity index (χ1n) is 10.3. The zero-order valence-electron chi connectivity index (χ0n) is 18.1. The Bertz CT molecular complexity index is 1280. The number of nitro groups is 2. The molecule has 1 aliphatic heterocycles. The Balaban J connectivity index is 1.60. The molecule has 0 radical (unpaired) electrons. The molecular formula is C20H19N9O6. The number of hydrazone groups is 1. The Hall–Kier alpha value is -4.92. The van der Waals surface area contributed by atoms with E-state index in [-0.39, 0.29) is 34.6 Å². The molecular weight excluding hydrogens is 462 g/mol. The van der Waals surface area contributed by atoms with E-state index in [1.807, 2.05) is 4.90 Å². The van der Waals surface area contributed by atoms with Crippen molar-refractivity contribution in [1.29, 1.82) is 0 Å². The molecule has 3 N–H and O–H groups in total. The number of anilines is 4. The highest BCUT2D eigenvalue weighted by Crippen LogP contribution is 2.23. The summed E-state index contributed by atoms with van der Waals surface area (Å²) in [5.74, 6) is 0.277. The van der Waals surface area contributed by atoms with Gasteiger partial charge in [-0.05, 0) is 12.1 Å². The van der Waals surface area contributed by atoms with Crippen LogP contribution in [0.5, 0.6) is 5.75 Å². The van der Waals surface area contributed by atoms with Crippen LogP contribution < -0.4 is 15.6 Å². The SMILES string of the molecule is O=[N+]([O-])c1cccc(Nc2nc(NN=Cc3cc([N+](=O)[O-])ccc3O)nc(N3CCOCC3)n2)c1. The molecule has 0 amide bonds. The minimum atomic E-state index is -0.587. The van der Waals surface area contributed by atoms with E-state index in [0.29, 0.717) is 37.9 Å². The fourth-order valence-corrected chi connectivity index (χ4v) is 3.12. The maximum Gasteiger partial charge on any atom is 0.271 e. The number of phenolic OH excluding ortho intramolecular Hbond substituents is 1. The highest BCUT2D eigenvalue weighted by atomic mass is 16.6. The minimum Gasteiger partial charge on any atom is -0.507 e. The summed E-state index contributed by atoms with van der Waals surface area (Å²) in [4.78, 5) is 35.8. The third-order valence-corrected chi connectivity index (χ3v) is 4.82. The van der Waals surface area contributed by atoms with Crippen molar-refractivity contribution in [3.63, 3.8) is 0 Å². The summed E-state index contributed by atoms with van der Waals surface area (Å²) in [6.07, 6.45) is 1.19. The number of phenols is 1. The van der Waals surface area contributed by atoms with Crippen LogP contribution in [-0.4, -0.2) is 62.4 Å². The zero-order chi connectivity index (χ0) is 24.8. The standard InChI is InChI=1S/C20H19N9O6/c30-17-5-4-16(29(33)34)10-13(17)12-21-26-19-23-18(22-14-2-1-3-15(11-14)28(31)32)24-20(25-19)27-6-8-35-9-7-27/h1-5,10-12,30H,6-9H2,(H2,22,23,24,25,26). The van der Waals surface area contributed by atoms with Gasteiger partial charge < -0.3 is 20.1 Å². The number of rotatable bonds is 8. The van der Waals surface area contributed by atoms with E-state index < -0.39 is 9.85 Å². The highest BCUT2D eigenvalue weighted by molar-refractivity contribution is 5.84. The lowest BCUT2D eigenvalue weighted by molar-refractivity contribution is -0.385. The van der Waals surface area contributed by atoms with E-state index in [2.05, 4.69) is 30.8 Å². The largest absolute Gasteiger partial charge is 0.507 e. The van der Waals surface area contributed by atoms with Gasteiger partial charge >= 0.3 is 0 Å². The third-order valence-electron chi connectivity index (χ3n) is 4.82. The molecule has 15 nitrogen and oxygen atoms in total. The molecule has 35 heavy (non-hydrogen) atoms. The molecule has 0 unspecified atom stereocenters. The molecule has 0 aliphatic carbocycles. The predicted octanol–water partition coefficient (Wildman–Crippen LogP) is 2.42. The van der Waals surface area contributed by atoms with Crippen LogP contribution in [-0.2, 0) is 4.74 Å². The van der Waals surface area contributed by atoms with Crippen molar-refractivity contribution in [2.75, 3.05) is 41.9 Å². The van der Waals surface area contributed by atoms with Gasteiger partial charge in [-0.15, -0.1) is 0 Å². The van der Waals surface area contributed by atoms with Crippen LogP contribution in [0.2, 0.25) is 0 Å². The fraction of sp³-hybridized carbons (Fsp3) is 0.200. The average molecular weight is 481 g/mol. The lowest BCUT2D eigenvalue weighted by atomic mass is 10.2. The van der Waals surface area contributed by atoms with E-state index in [0.717, 1.165) is 0 Å². The van der Waals surface area contributed by atoms with Crippen molar-refractivity contribution in [3.8, 4) is 5.75 Å². The molecule has 1 aromatic heterocycles. The van der Waals surface area contributed by atoms with Gasteiger partial charge in [-0.3, -0.25) is 20.2 Å². The summed E-state index contributed by atoms with van der Waals surface area (Å²) in [7, 11) is 0. The lowest BCUT2D eigenvalue weighted by Gasteiger charge is -2.27. The van der Waals surface area contributed by atoms with Gasteiger partial charge in [-0.1, -0.05) is 6.07 Å². The number of benzene rings is 2. The van der Waals surface area contributed by atoms with Crippen molar-refractivity contribution in [2.45, 2.75) is 0 Å². The first-order chi connectivity index (χ1) is 16.9. The van der Waals surface area contributed by atoms with Crippen molar-refractivity contribution in [2.24, 2.45) is 5.10 Å². The number of nitrogens with one attached hydrogen (secondary N) is 2. The Kier molecular flexibility index (Phi) is 6.87. The number of ether oxygens (including phenoxy) is 1. The molecule has 15 heteroatoms. The van der Waals surface area contributed by atoms with Crippen molar-refractivity contribution < 1.29 is 19.7 Å². The fourth-order valence-electron chi connectivity index (χ4n) is 3.12. The van der Waals surface area contributed by atoms with Gasteiger partial charge in [-0.25, -0.2) is 5.43 Å². The topological polar surface area (TPSA) is 194 Å². The highest BCUT2D eigenvalue weighted by Gasteiger charge is 2.17. The maximum atomic E-state index is 11.1. The van der Waals surface area contributed by atoms with E-state index in [1.54, 1.807) is 6.07 Å². The monoisotopic (exact) mass is 481 g/mol. The summed E-state index contributed by atoms with van der Waals surface area (Å²) in [5.41, 5.74) is 2.83. The van der Waals surface area contributed by atoms with Gasteiger partial charge in [0.05, 0.1) is 29.3 Å². The Morgan fingerprint density at radius 2 is 1.71 bits per heavy atom. The molecule has 0 spiro atoms. The summed E-state index contributed by atoms with van der Waals surface area (Å²) >= 11 is 0. The van der Waals surface area contributed by atoms with Crippen LogP contribution >= 0.6 is 0 Å². The third kappa shape index (κ3) is 5.91. The average Bonchev–Trinajstić information content (AvgIpc) is 2.85. The molecule has 0 saturated carbocycles. The predicted molar refractivity (Wildman–Crippen MR) is 125 cm³/mol. The van der Waals surface area contributed by atoms with Gasteiger partial charge in [-0.2, -0.15) is 20.1 Å². The summed E-state index contributed by atoms with van der Waals surface area (Å²) in [6, 6.07) is 9.40. The molecule has 0 atom stereocenters. The number of hydrogen-bond acceptors (Lipinski definition) is 13. The Morgan fingerprint density at radius 1 is 1.00 bits per heavy atom. The van der Waals surface area contributed by atoms with Crippen LogP contribution in [0.1, 0.15) is 5.56 Å². The van der Waals surface area contributed by atoms with Crippen LogP contribution in [0.15, 0.2) is 47.6 Å². The minimum absolute atomic E-state index is 0.0376. The second kappa shape index (κ2) is 10.3. The van der Waals surface area contributed by atoms with Gasteiger partial charge in [0.25, 0.3) is 11.4 Å². The van der Waals surface area contributed by atoms with Crippen molar-refractivity contribution in [1.82, 2.24) is 15.0 Å². The number of non-ortho nitro benzene ring substituents is 2. The van der Waals surface area contributed by atoms with Gasteiger partial charge in [0.2, 0.25) is 17.8 Å². The molecule has 2 aromatic carbocycles. The van der Waals surface area contributed by atoms with Gasteiger partial charge in [0, 0.05) is 48.6 Å². The number of morpholine rings is 1. The molecule has 3 aromatic rings. The molecule has 2 heterocycles. The molecule has 1 aliphatic rings. The quantitative estimate of drug-likeness (QED) is 0.242. The lowest BCUT2D eigenvalue weighted by Crippen LogP contribution is -2.37. The number of aromatic nitrogens is 3. The van der Waals surface area contributed by atoms with E-state index in [1.165, 1.54) is 42.6 Å². The molecule has 0 bridgehead atoms. The smallest absolute Gasteiger partial charge is 0.271 e. The van der Waals surface area contributed by atoms with Crippen LogP contribution in [0.25, 0.3) is 0 Å². The molecule has 180 valence electrons. The van der Waals surface area contributed by atoms with Crippen molar-refractivity contribution >= 4 is 41.1 Å². The number of hydrogen-bond donors (Lipinski definition) is 3. The number of aromatic hydroxyl groups is 1. The second-order valence-corrected chi connectivity index (χ2v) is 7.18. The number of nitrogens with zero attached hydrogens (tertiary/aromatic N) is 7. The zero-order valence-corrected chi connectivity index (χ0v) is 18.1. The van der Waals surface area contributed by atoms with Crippen molar-refractivity contribution in [3.05, 3.63) is 68.3 Å². The van der Waals surface area contributed by atoms with E-state index in [9.17, 15) is 25.3 Å². The Morgan fingerprint density at radius 3 is 2.46 bits per heavy atom. The number of nitro benzene ring substituents is 2. The van der Waals surface area contributed by atoms with Crippen LogP contribution in [0.3, 0.4) is 0 Å². The van der Waals surface area contributed by atoms with E-state index >= 15 is 0 Å². The van der Waals surface area contributed by atoms with Gasteiger partial charge in [0.1, 0.15) is 5.75 Å². The summed E-state index contributed by atoms with van der Waals surface area (Å²) in [5, 5.41) is 38.9. The normalized spacial score (nSPS) is 13.5. The second-order valence-electron chi connectivity index (χ2n) is 7.18. The first-order valence-corrected chi connectivity index (χ1v) is 10.3. The van der Waals surface area contributed by atoms with Crippen LogP contribution in [0, 0.1) is 20.2 Å². The van der Waals surface area contributed by atoms with Crippen LogP contribution in [0.4, 0.5) is 34.9 Å². The molecule has 1 fully saturated rings. The molecule has 1 saturated heterocycles. The van der Waals surface area contributed by atoms with Gasteiger partial charge in [0.15, 0.2) is 0 Å². The maximum absolute atomic E-state index is 11.1. The molecule has 4 rings (SSSR count). The van der Waals surface area contributed by atoms with E-state index in [4.69, 9.17) is 4.74 Å². The Labute approximate surface area is 197 Å². The summed E-state index contributed by atoms with van der Waals surface area (Å²) in [6.45, 7) is 2.08. The first kappa shape index (κ1) is 23.2. The summed E-state index contributed by atoms with van der Waals surface area (Å²) < 4.78 is 5.36.